The maximum absolute atomic E-state index is 12.6. The number of carbonyl (C=O) groups excluding carboxylic acids is 2. The van der Waals surface area contributed by atoms with Crippen LogP contribution in [0.3, 0.4) is 0 Å². The van der Waals surface area contributed by atoms with Crippen LogP contribution in [0, 0.1) is 17.8 Å². The molecule has 1 heterocycles. The number of rotatable bonds is 4. The van der Waals surface area contributed by atoms with Crippen molar-refractivity contribution in [3.05, 3.63) is 0 Å². The van der Waals surface area contributed by atoms with E-state index in [1.54, 1.807) is 7.05 Å². The van der Waals surface area contributed by atoms with Gasteiger partial charge in [-0.25, -0.2) is 0 Å². The van der Waals surface area contributed by atoms with E-state index in [2.05, 4.69) is 15.5 Å². The van der Waals surface area contributed by atoms with Gasteiger partial charge < -0.3 is 16.4 Å². The molecule has 3 fully saturated rings. The van der Waals surface area contributed by atoms with Gasteiger partial charge in [-0.1, -0.05) is 0 Å². The first-order valence-electron chi connectivity index (χ1n) is 8.57. The Morgan fingerprint density at radius 1 is 1.14 bits per heavy atom. The lowest BCUT2D eigenvalue weighted by atomic mass is 9.84. The van der Waals surface area contributed by atoms with Gasteiger partial charge in [0.15, 0.2) is 0 Å². The molecule has 0 aromatic rings. The first-order chi connectivity index (χ1) is 10.6. The van der Waals surface area contributed by atoms with Gasteiger partial charge >= 0.3 is 0 Å². The minimum absolute atomic E-state index is 0.0302. The van der Waals surface area contributed by atoms with E-state index in [4.69, 9.17) is 5.73 Å². The van der Waals surface area contributed by atoms with Crippen LogP contribution < -0.4 is 16.4 Å². The minimum Gasteiger partial charge on any atom is -0.358 e. The van der Waals surface area contributed by atoms with Gasteiger partial charge in [0.05, 0.1) is 12.5 Å². The molecule has 0 radical (unpaired) electrons. The molecule has 1 aliphatic heterocycles. The summed E-state index contributed by atoms with van der Waals surface area (Å²) in [4.78, 5) is 26.1. The van der Waals surface area contributed by atoms with E-state index in [1.807, 2.05) is 0 Å². The molecule has 2 amide bonds. The minimum atomic E-state index is 0.0302. The number of likely N-dealkylation sites (N-methyl/N-ethyl adjacent to an activating group) is 1. The number of carbonyl (C=O) groups is 2. The van der Waals surface area contributed by atoms with Gasteiger partial charge in [-0.05, 0) is 43.9 Å². The van der Waals surface area contributed by atoms with Gasteiger partial charge in [0.25, 0.3) is 0 Å². The first kappa shape index (κ1) is 15.7. The average Bonchev–Trinajstić information content (AvgIpc) is 3.10. The number of hydrogen-bond donors (Lipinski definition) is 3. The largest absolute Gasteiger partial charge is 0.358 e. The van der Waals surface area contributed by atoms with Gasteiger partial charge in [-0.2, -0.15) is 0 Å². The van der Waals surface area contributed by atoms with Gasteiger partial charge in [0.2, 0.25) is 11.8 Å². The van der Waals surface area contributed by atoms with Crippen molar-refractivity contribution in [1.82, 2.24) is 15.5 Å². The Bertz CT molecular complexity index is 432. The zero-order chi connectivity index (χ0) is 15.7. The van der Waals surface area contributed by atoms with Crippen molar-refractivity contribution in [2.45, 2.75) is 44.2 Å². The Kier molecular flexibility index (Phi) is 4.68. The van der Waals surface area contributed by atoms with Crippen LogP contribution in [0.2, 0.25) is 0 Å². The fraction of sp³-hybridized carbons (Fsp3) is 0.875. The highest BCUT2D eigenvalue weighted by atomic mass is 16.2. The molecule has 2 aliphatic carbocycles. The molecule has 4 atom stereocenters. The monoisotopic (exact) mass is 308 g/mol. The molecule has 3 rings (SSSR count). The molecule has 0 spiro atoms. The van der Waals surface area contributed by atoms with Crippen molar-refractivity contribution in [2.75, 3.05) is 26.7 Å². The molecule has 4 N–H and O–H groups in total. The summed E-state index contributed by atoms with van der Waals surface area (Å²) in [6.07, 6.45) is 5.34. The molecule has 6 heteroatoms. The number of likely N-dealkylation sites (tertiary alicyclic amines) is 1. The van der Waals surface area contributed by atoms with E-state index in [0.717, 1.165) is 32.4 Å². The molecule has 2 saturated carbocycles. The summed E-state index contributed by atoms with van der Waals surface area (Å²) < 4.78 is 0. The third-order valence-corrected chi connectivity index (χ3v) is 5.86. The van der Waals surface area contributed by atoms with E-state index in [9.17, 15) is 9.59 Å². The first-order valence-corrected chi connectivity index (χ1v) is 8.57. The van der Waals surface area contributed by atoms with E-state index in [0.29, 0.717) is 18.4 Å². The number of amides is 2. The molecule has 2 bridgehead atoms. The van der Waals surface area contributed by atoms with Crippen LogP contribution in [0.4, 0.5) is 0 Å². The maximum Gasteiger partial charge on any atom is 0.233 e. The van der Waals surface area contributed by atoms with Crippen molar-refractivity contribution in [1.29, 1.82) is 0 Å². The number of nitrogens with two attached hydrogens (primary N) is 1. The summed E-state index contributed by atoms with van der Waals surface area (Å²) in [7, 11) is 1.66. The lowest BCUT2D eigenvalue weighted by Gasteiger charge is -2.34. The van der Waals surface area contributed by atoms with Crippen LogP contribution >= 0.6 is 0 Å². The second-order valence-corrected chi connectivity index (χ2v) is 7.17. The van der Waals surface area contributed by atoms with Crippen LogP contribution in [0.15, 0.2) is 0 Å². The van der Waals surface area contributed by atoms with Crippen LogP contribution in [-0.4, -0.2) is 55.5 Å². The Balaban J connectivity index is 1.45. The van der Waals surface area contributed by atoms with Gasteiger partial charge in [0, 0.05) is 32.2 Å². The molecular formula is C16H28N4O2. The summed E-state index contributed by atoms with van der Waals surface area (Å²) in [5.41, 5.74) is 6.25. The fourth-order valence-corrected chi connectivity index (χ4v) is 4.54. The van der Waals surface area contributed by atoms with Crippen molar-refractivity contribution in [3.63, 3.8) is 0 Å². The molecule has 1 saturated heterocycles. The molecule has 6 nitrogen and oxygen atoms in total. The lowest BCUT2D eigenvalue weighted by Crippen LogP contribution is -2.51. The van der Waals surface area contributed by atoms with Crippen molar-refractivity contribution >= 4 is 11.8 Å². The quantitative estimate of drug-likeness (QED) is 0.665. The average molecular weight is 308 g/mol. The van der Waals surface area contributed by atoms with Crippen molar-refractivity contribution in [2.24, 2.45) is 23.5 Å². The Morgan fingerprint density at radius 3 is 2.41 bits per heavy atom. The van der Waals surface area contributed by atoms with E-state index in [-0.39, 0.29) is 29.8 Å². The number of fused-ring (bicyclic) bond motifs is 2. The van der Waals surface area contributed by atoms with Crippen LogP contribution in [0.25, 0.3) is 0 Å². The van der Waals surface area contributed by atoms with Crippen molar-refractivity contribution in [3.8, 4) is 0 Å². The molecule has 0 aromatic carbocycles. The van der Waals surface area contributed by atoms with Gasteiger partial charge in [-0.3, -0.25) is 14.5 Å². The summed E-state index contributed by atoms with van der Waals surface area (Å²) in [6.45, 7) is 2.18. The second-order valence-electron chi connectivity index (χ2n) is 7.17. The third-order valence-electron chi connectivity index (χ3n) is 5.86. The maximum atomic E-state index is 12.6. The number of nitrogens with zero attached hydrogens (tertiary/aromatic N) is 1. The fourth-order valence-electron chi connectivity index (χ4n) is 4.54. The summed E-state index contributed by atoms with van der Waals surface area (Å²) in [5, 5.41) is 5.87. The van der Waals surface area contributed by atoms with Crippen LogP contribution in [0.5, 0.6) is 0 Å². The molecule has 22 heavy (non-hydrogen) atoms. The van der Waals surface area contributed by atoms with Crippen LogP contribution in [0.1, 0.15) is 32.1 Å². The molecular weight excluding hydrogens is 280 g/mol. The normalized spacial score (nSPS) is 35.5. The van der Waals surface area contributed by atoms with E-state index in [1.165, 1.54) is 12.8 Å². The number of hydrogen-bond acceptors (Lipinski definition) is 4. The summed E-state index contributed by atoms with van der Waals surface area (Å²) >= 11 is 0. The van der Waals surface area contributed by atoms with E-state index < -0.39 is 0 Å². The molecule has 0 aromatic heterocycles. The summed E-state index contributed by atoms with van der Waals surface area (Å²) in [6, 6.07) is 0.298. The highest BCUT2D eigenvalue weighted by Gasteiger charge is 2.49. The predicted octanol–water partition coefficient (Wildman–Crippen LogP) is -0.314. The zero-order valence-corrected chi connectivity index (χ0v) is 13.4. The highest BCUT2D eigenvalue weighted by Crippen LogP contribution is 2.47. The van der Waals surface area contributed by atoms with E-state index >= 15 is 0 Å². The number of nitrogens with one attached hydrogen (secondary N) is 2. The van der Waals surface area contributed by atoms with Crippen LogP contribution in [-0.2, 0) is 9.59 Å². The highest BCUT2D eigenvalue weighted by molar-refractivity contribution is 5.80. The Morgan fingerprint density at radius 2 is 1.82 bits per heavy atom. The lowest BCUT2D eigenvalue weighted by molar-refractivity contribution is -0.128. The zero-order valence-electron chi connectivity index (χ0n) is 13.4. The Hall–Kier alpha value is -1.14. The van der Waals surface area contributed by atoms with Crippen molar-refractivity contribution < 1.29 is 9.59 Å². The van der Waals surface area contributed by atoms with Gasteiger partial charge in [0.1, 0.15) is 0 Å². The molecule has 3 aliphatic rings. The third kappa shape index (κ3) is 3.13. The summed E-state index contributed by atoms with van der Waals surface area (Å²) in [5.74, 6) is 1.33. The number of piperidine rings is 1. The SMILES string of the molecule is CNC(=O)CN1CCC(NC(=O)C2C3CCC(C3)C2N)CC1. The topological polar surface area (TPSA) is 87.5 Å². The Labute approximate surface area is 132 Å². The van der Waals surface area contributed by atoms with Gasteiger partial charge in [-0.15, -0.1) is 0 Å². The molecule has 4 unspecified atom stereocenters. The predicted molar refractivity (Wildman–Crippen MR) is 84.0 cm³/mol. The standard InChI is InChI=1S/C16H28N4O2/c1-18-13(21)9-20-6-4-12(5-7-20)19-16(22)14-10-2-3-11(8-10)15(14)17/h10-12,14-15H,2-9,17H2,1H3,(H,18,21)(H,19,22). The second kappa shape index (κ2) is 6.54. The smallest absolute Gasteiger partial charge is 0.233 e. The molecule has 124 valence electrons.